The molecule has 2 aromatic heterocycles. The lowest BCUT2D eigenvalue weighted by molar-refractivity contribution is -0.113. The number of carbonyl (C=O) groups excluding carboxylic acids is 1. The third-order valence-electron chi connectivity index (χ3n) is 4.74. The van der Waals surface area contributed by atoms with E-state index in [1.165, 1.54) is 17.3 Å². The predicted octanol–water partition coefficient (Wildman–Crippen LogP) is 4.13. The zero-order valence-electron chi connectivity index (χ0n) is 17.5. The first-order chi connectivity index (χ1) is 15.0. The topological polar surface area (TPSA) is 98.7 Å². The standard InChI is InChI=1S/C22H22N6O2S/c1-4-15-7-11-17(12-8-15)23-18(29)13-31-22-26-25-20(28(22)3)21-24-19(27-30-21)16-9-5-14(2)6-10-16/h5-12H,4,13H2,1-3H3,(H,23,29). The minimum absolute atomic E-state index is 0.113. The highest BCUT2D eigenvalue weighted by Crippen LogP contribution is 2.24. The van der Waals surface area contributed by atoms with E-state index in [1.807, 2.05) is 55.5 Å². The Labute approximate surface area is 184 Å². The van der Waals surface area contributed by atoms with Crippen LogP contribution in [0.5, 0.6) is 0 Å². The molecule has 0 bridgehead atoms. The van der Waals surface area contributed by atoms with Crippen LogP contribution in [0.3, 0.4) is 0 Å². The number of nitrogens with zero attached hydrogens (tertiary/aromatic N) is 5. The van der Waals surface area contributed by atoms with E-state index < -0.39 is 0 Å². The molecule has 0 fully saturated rings. The smallest absolute Gasteiger partial charge is 0.296 e. The van der Waals surface area contributed by atoms with Gasteiger partial charge in [-0.05, 0) is 31.0 Å². The molecule has 0 radical (unpaired) electrons. The van der Waals surface area contributed by atoms with Gasteiger partial charge in [0.15, 0.2) is 5.16 Å². The molecule has 9 heteroatoms. The van der Waals surface area contributed by atoms with Crippen LogP contribution in [-0.4, -0.2) is 36.6 Å². The minimum atomic E-state index is -0.113. The highest BCUT2D eigenvalue weighted by Gasteiger charge is 2.19. The first-order valence-corrected chi connectivity index (χ1v) is 10.8. The van der Waals surface area contributed by atoms with Gasteiger partial charge in [-0.3, -0.25) is 4.79 Å². The fraction of sp³-hybridized carbons (Fsp3) is 0.227. The molecule has 0 unspecified atom stereocenters. The summed E-state index contributed by atoms with van der Waals surface area (Å²) in [6.45, 7) is 4.11. The van der Waals surface area contributed by atoms with Crippen molar-refractivity contribution in [2.45, 2.75) is 25.4 Å². The van der Waals surface area contributed by atoms with Gasteiger partial charge in [0.1, 0.15) is 0 Å². The Morgan fingerprint density at radius 1 is 1.10 bits per heavy atom. The van der Waals surface area contributed by atoms with Crippen LogP contribution in [0.2, 0.25) is 0 Å². The Balaban J connectivity index is 1.40. The zero-order chi connectivity index (χ0) is 21.8. The van der Waals surface area contributed by atoms with Crippen LogP contribution < -0.4 is 5.32 Å². The Morgan fingerprint density at radius 2 is 1.84 bits per heavy atom. The van der Waals surface area contributed by atoms with Gasteiger partial charge in [-0.25, -0.2) is 0 Å². The van der Waals surface area contributed by atoms with Gasteiger partial charge in [0.25, 0.3) is 5.89 Å². The lowest BCUT2D eigenvalue weighted by Gasteiger charge is -2.06. The lowest BCUT2D eigenvalue weighted by Crippen LogP contribution is -2.14. The van der Waals surface area contributed by atoms with E-state index in [0.717, 1.165) is 23.2 Å². The largest absolute Gasteiger partial charge is 0.330 e. The molecule has 0 atom stereocenters. The lowest BCUT2D eigenvalue weighted by atomic mass is 10.1. The second-order valence-electron chi connectivity index (χ2n) is 7.04. The van der Waals surface area contributed by atoms with Gasteiger partial charge in [-0.1, -0.05) is 65.8 Å². The number of hydrogen-bond acceptors (Lipinski definition) is 7. The number of rotatable bonds is 7. The zero-order valence-corrected chi connectivity index (χ0v) is 18.3. The summed E-state index contributed by atoms with van der Waals surface area (Å²) in [5.41, 5.74) is 4.02. The average Bonchev–Trinajstić information content (AvgIpc) is 3.40. The van der Waals surface area contributed by atoms with Crippen LogP contribution in [0.4, 0.5) is 5.69 Å². The van der Waals surface area contributed by atoms with Gasteiger partial charge >= 0.3 is 0 Å². The number of thioether (sulfide) groups is 1. The van der Waals surface area contributed by atoms with Crippen molar-refractivity contribution in [3.63, 3.8) is 0 Å². The SMILES string of the molecule is CCc1ccc(NC(=O)CSc2nnc(-c3nc(-c4ccc(C)cc4)no3)n2C)cc1. The molecule has 0 saturated heterocycles. The van der Waals surface area contributed by atoms with Crippen molar-refractivity contribution in [1.82, 2.24) is 24.9 Å². The van der Waals surface area contributed by atoms with Crippen molar-refractivity contribution in [3.8, 4) is 23.1 Å². The number of anilines is 1. The molecule has 2 heterocycles. The van der Waals surface area contributed by atoms with E-state index in [2.05, 4.69) is 32.6 Å². The van der Waals surface area contributed by atoms with E-state index in [4.69, 9.17) is 4.52 Å². The molecule has 4 aromatic rings. The highest BCUT2D eigenvalue weighted by molar-refractivity contribution is 7.99. The van der Waals surface area contributed by atoms with Gasteiger partial charge in [0.05, 0.1) is 5.75 Å². The van der Waals surface area contributed by atoms with Crippen molar-refractivity contribution in [1.29, 1.82) is 0 Å². The van der Waals surface area contributed by atoms with E-state index in [9.17, 15) is 4.79 Å². The average molecular weight is 435 g/mol. The third kappa shape index (κ3) is 4.83. The van der Waals surface area contributed by atoms with E-state index in [1.54, 1.807) is 11.6 Å². The molecular formula is C22H22N6O2S. The molecule has 8 nitrogen and oxygen atoms in total. The molecule has 158 valence electrons. The van der Waals surface area contributed by atoms with Gasteiger partial charge in [-0.15, -0.1) is 10.2 Å². The van der Waals surface area contributed by atoms with Crippen LogP contribution in [0.25, 0.3) is 23.1 Å². The van der Waals surface area contributed by atoms with Crippen molar-refractivity contribution in [2.75, 3.05) is 11.1 Å². The number of nitrogens with one attached hydrogen (secondary N) is 1. The van der Waals surface area contributed by atoms with Gasteiger partial charge in [-0.2, -0.15) is 4.98 Å². The summed E-state index contributed by atoms with van der Waals surface area (Å²) in [6, 6.07) is 15.7. The van der Waals surface area contributed by atoms with Crippen molar-refractivity contribution in [2.24, 2.45) is 7.05 Å². The van der Waals surface area contributed by atoms with Crippen molar-refractivity contribution < 1.29 is 9.32 Å². The second-order valence-corrected chi connectivity index (χ2v) is 7.98. The van der Waals surface area contributed by atoms with Crippen LogP contribution in [0, 0.1) is 6.92 Å². The summed E-state index contributed by atoms with van der Waals surface area (Å²) in [4.78, 5) is 16.7. The molecule has 1 amide bonds. The maximum absolute atomic E-state index is 12.3. The summed E-state index contributed by atoms with van der Waals surface area (Å²) in [5, 5.41) is 15.8. The maximum atomic E-state index is 12.3. The molecule has 0 aliphatic heterocycles. The summed E-state index contributed by atoms with van der Waals surface area (Å²) < 4.78 is 7.12. The number of aryl methyl sites for hydroxylation is 2. The highest BCUT2D eigenvalue weighted by atomic mass is 32.2. The number of hydrogen-bond donors (Lipinski definition) is 1. The molecule has 0 spiro atoms. The molecular weight excluding hydrogens is 412 g/mol. The molecule has 4 rings (SSSR count). The Morgan fingerprint density at radius 3 is 2.55 bits per heavy atom. The molecule has 31 heavy (non-hydrogen) atoms. The third-order valence-corrected chi connectivity index (χ3v) is 5.76. The van der Waals surface area contributed by atoms with Gasteiger partial charge in [0, 0.05) is 18.3 Å². The van der Waals surface area contributed by atoms with Crippen LogP contribution in [-0.2, 0) is 18.3 Å². The first-order valence-electron chi connectivity index (χ1n) is 9.85. The van der Waals surface area contributed by atoms with Crippen molar-refractivity contribution >= 4 is 23.4 Å². The number of benzene rings is 2. The van der Waals surface area contributed by atoms with Crippen LogP contribution in [0.1, 0.15) is 18.1 Å². The van der Waals surface area contributed by atoms with Crippen molar-refractivity contribution in [3.05, 3.63) is 59.7 Å². The summed E-state index contributed by atoms with van der Waals surface area (Å²) >= 11 is 1.29. The number of aromatic nitrogens is 5. The van der Waals surface area contributed by atoms with E-state index >= 15 is 0 Å². The number of amides is 1. The molecule has 0 aliphatic rings. The van der Waals surface area contributed by atoms with Crippen LogP contribution >= 0.6 is 11.8 Å². The van der Waals surface area contributed by atoms with Gasteiger partial charge < -0.3 is 14.4 Å². The van der Waals surface area contributed by atoms with E-state index in [-0.39, 0.29) is 17.6 Å². The quantitative estimate of drug-likeness (QED) is 0.437. The normalized spacial score (nSPS) is 10.9. The van der Waals surface area contributed by atoms with E-state index in [0.29, 0.717) is 16.8 Å². The maximum Gasteiger partial charge on any atom is 0.296 e. The Kier molecular flexibility index (Phi) is 6.13. The first kappa shape index (κ1) is 20.8. The monoisotopic (exact) mass is 434 g/mol. The van der Waals surface area contributed by atoms with Crippen LogP contribution in [0.15, 0.2) is 58.2 Å². The summed E-state index contributed by atoms with van der Waals surface area (Å²) in [6.07, 6.45) is 0.963. The summed E-state index contributed by atoms with van der Waals surface area (Å²) in [5.74, 6) is 1.31. The molecule has 0 saturated carbocycles. The molecule has 2 aromatic carbocycles. The second kappa shape index (κ2) is 9.13. The number of carbonyl (C=O) groups is 1. The molecule has 0 aliphatic carbocycles. The Bertz CT molecular complexity index is 1180. The summed E-state index contributed by atoms with van der Waals surface area (Å²) in [7, 11) is 1.80. The fourth-order valence-corrected chi connectivity index (χ4v) is 3.62. The molecule has 1 N–H and O–H groups in total. The predicted molar refractivity (Wildman–Crippen MR) is 120 cm³/mol. The Hall–Kier alpha value is -3.46. The van der Waals surface area contributed by atoms with Gasteiger partial charge in [0.2, 0.25) is 17.6 Å². The minimum Gasteiger partial charge on any atom is -0.330 e. The fourth-order valence-electron chi connectivity index (χ4n) is 2.91.